The van der Waals surface area contributed by atoms with Gasteiger partial charge in [-0.25, -0.2) is 4.79 Å². The van der Waals surface area contributed by atoms with Crippen LogP contribution in [0.2, 0.25) is 0 Å². The summed E-state index contributed by atoms with van der Waals surface area (Å²) in [6, 6.07) is 13.6. The fraction of sp³-hybridized carbons (Fsp3) is 0.409. The van der Waals surface area contributed by atoms with Crippen LogP contribution in [0.5, 0.6) is 5.75 Å². The van der Waals surface area contributed by atoms with Crippen LogP contribution >= 0.6 is 11.8 Å². The van der Waals surface area contributed by atoms with Crippen molar-refractivity contribution in [2.24, 2.45) is 5.92 Å². The summed E-state index contributed by atoms with van der Waals surface area (Å²) in [5.74, 6) is 0.229. The van der Waals surface area contributed by atoms with Crippen molar-refractivity contribution < 1.29 is 14.6 Å². The predicted molar refractivity (Wildman–Crippen MR) is 111 cm³/mol. The minimum Gasteiger partial charge on any atom is -0.494 e. The molecule has 4 rings (SSSR count). The van der Waals surface area contributed by atoms with Gasteiger partial charge in [0.25, 0.3) is 0 Å². The Labute approximate surface area is 170 Å². The highest BCUT2D eigenvalue weighted by Gasteiger charge is 2.42. The molecule has 0 saturated heterocycles. The maximum absolute atomic E-state index is 11.8. The second-order valence-electron chi connectivity index (χ2n) is 7.58. The smallest absolute Gasteiger partial charge is 0.337 e. The maximum atomic E-state index is 11.8. The van der Waals surface area contributed by atoms with Crippen LogP contribution in [0.15, 0.2) is 42.5 Å². The molecule has 0 amide bonds. The molecule has 0 radical (unpaired) electrons. The first-order valence-electron chi connectivity index (χ1n) is 9.82. The molecule has 2 N–H and O–H groups in total. The van der Waals surface area contributed by atoms with Gasteiger partial charge in [-0.05, 0) is 36.5 Å². The molecule has 28 heavy (non-hydrogen) atoms. The van der Waals surface area contributed by atoms with Crippen molar-refractivity contribution in [3.63, 3.8) is 0 Å². The highest BCUT2D eigenvalue weighted by atomic mass is 35.5. The van der Waals surface area contributed by atoms with E-state index in [-0.39, 0.29) is 17.6 Å². The van der Waals surface area contributed by atoms with E-state index in [0.717, 1.165) is 12.8 Å². The van der Waals surface area contributed by atoms with Gasteiger partial charge in [0.2, 0.25) is 0 Å². The number of rotatable bonds is 5. The first-order chi connectivity index (χ1) is 13.6. The number of hydrogen-bond donors (Lipinski definition) is 2. The van der Waals surface area contributed by atoms with E-state index in [1.54, 1.807) is 23.7 Å². The van der Waals surface area contributed by atoms with E-state index < -0.39 is 5.97 Å². The zero-order chi connectivity index (χ0) is 19.7. The quantitative estimate of drug-likeness (QED) is 0.651. The van der Waals surface area contributed by atoms with Gasteiger partial charge >= 0.3 is 5.97 Å². The topological polar surface area (TPSA) is 61.8 Å². The summed E-state index contributed by atoms with van der Waals surface area (Å²) in [4.78, 5) is 11.8. The molecule has 1 saturated carbocycles. The number of hydrogen-bond acceptors (Lipinski definition) is 4. The van der Waals surface area contributed by atoms with Crippen molar-refractivity contribution in [3.05, 3.63) is 53.6 Å². The minimum absolute atomic E-state index is 0.151. The number of anilines is 2. The lowest BCUT2D eigenvalue weighted by atomic mass is 9.75. The Hall–Kier alpha value is -2.40. The van der Waals surface area contributed by atoms with Crippen LogP contribution < -0.4 is 14.5 Å². The molecular formula is C22H25ClN2O3. The van der Waals surface area contributed by atoms with Crippen molar-refractivity contribution >= 4 is 29.1 Å². The number of fused-ring (bicyclic) bond motifs is 1. The molecule has 1 fully saturated rings. The van der Waals surface area contributed by atoms with Gasteiger partial charge in [-0.1, -0.05) is 49.6 Å². The summed E-state index contributed by atoms with van der Waals surface area (Å²) in [6.07, 6.45) is 5.79. The monoisotopic (exact) mass is 400 g/mol. The molecule has 0 bridgehead atoms. The molecule has 0 aromatic heterocycles. The van der Waals surface area contributed by atoms with E-state index in [2.05, 4.69) is 29.6 Å². The first kappa shape index (κ1) is 18.9. The fourth-order valence-electron chi connectivity index (χ4n) is 4.73. The molecule has 0 spiro atoms. The standard InChI is InChI=1S/C22H25ClN2O3/c1-28-17-13-12-16(22(26)27)19-20(17)25(23)21(24-19)18(14-8-4-2-5-9-14)15-10-6-3-7-11-15/h2,4-5,8-9,12-13,15,18,21,24H,3,6-7,10-11H2,1H3,(H,26,27). The second kappa shape index (κ2) is 7.92. The highest BCUT2D eigenvalue weighted by Crippen LogP contribution is 2.51. The number of aromatic carboxylic acids is 1. The van der Waals surface area contributed by atoms with Crippen LogP contribution in [0.4, 0.5) is 11.4 Å². The molecule has 148 valence electrons. The Morgan fingerprint density at radius 1 is 1.18 bits per heavy atom. The molecule has 2 aromatic carbocycles. The number of methoxy groups -OCH3 is 1. The van der Waals surface area contributed by atoms with Crippen LogP contribution in [-0.2, 0) is 0 Å². The first-order valence-corrected chi connectivity index (χ1v) is 10.2. The Bertz CT molecular complexity index is 852. The summed E-state index contributed by atoms with van der Waals surface area (Å²) in [7, 11) is 1.57. The molecule has 1 heterocycles. The normalized spacial score (nSPS) is 20.4. The zero-order valence-corrected chi connectivity index (χ0v) is 16.7. The van der Waals surface area contributed by atoms with Gasteiger partial charge in [0, 0.05) is 17.7 Å². The van der Waals surface area contributed by atoms with Crippen molar-refractivity contribution in [3.8, 4) is 5.75 Å². The highest BCUT2D eigenvalue weighted by molar-refractivity contribution is 6.29. The molecule has 1 aliphatic heterocycles. The van der Waals surface area contributed by atoms with Crippen molar-refractivity contribution in [2.75, 3.05) is 16.8 Å². The van der Waals surface area contributed by atoms with Crippen LogP contribution in [-0.4, -0.2) is 24.4 Å². The van der Waals surface area contributed by atoms with Gasteiger partial charge < -0.3 is 15.2 Å². The van der Waals surface area contributed by atoms with Gasteiger partial charge in [-0.15, -0.1) is 0 Å². The molecule has 2 unspecified atom stereocenters. The average Bonchev–Trinajstić information content (AvgIpc) is 3.06. The lowest BCUT2D eigenvalue weighted by molar-refractivity contribution is 0.0698. The number of halogens is 1. The van der Waals surface area contributed by atoms with Gasteiger partial charge in [0.15, 0.2) is 0 Å². The number of nitrogens with one attached hydrogen (secondary N) is 1. The second-order valence-corrected chi connectivity index (χ2v) is 7.94. The van der Waals surface area contributed by atoms with E-state index >= 15 is 0 Å². The summed E-state index contributed by atoms with van der Waals surface area (Å²) in [5, 5.41) is 13.1. The summed E-state index contributed by atoms with van der Waals surface area (Å²) < 4.78 is 7.13. The lowest BCUT2D eigenvalue weighted by Gasteiger charge is -2.37. The van der Waals surface area contributed by atoms with E-state index in [9.17, 15) is 9.90 Å². The van der Waals surface area contributed by atoms with Crippen LogP contribution in [0.1, 0.15) is 53.9 Å². The lowest BCUT2D eigenvalue weighted by Crippen LogP contribution is -2.39. The average molecular weight is 401 g/mol. The number of carboxylic acid groups (broad SMARTS) is 1. The van der Waals surface area contributed by atoms with Gasteiger partial charge in [-0.3, -0.25) is 4.42 Å². The van der Waals surface area contributed by atoms with E-state index in [0.29, 0.717) is 23.0 Å². The van der Waals surface area contributed by atoms with E-state index in [1.165, 1.54) is 24.8 Å². The molecule has 1 aliphatic carbocycles. The Morgan fingerprint density at radius 3 is 2.54 bits per heavy atom. The Balaban J connectivity index is 1.77. The Kier molecular flexibility index (Phi) is 5.36. The van der Waals surface area contributed by atoms with E-state index in [1.807, 2.05) is 6.07 Å². The molecule has 2 atom stereocenters. The van der Waals surface area contributed by atoms with Crippen LogP contribution in [0, 0.1) is 5.92 Å². The molecule has 2 aliphatic rings. The fourth-order valence-corrected chi connectivity index (χ4v) is 5.07. The van der Waals surface area contributed by atoms with Gasteiger partial charge in [0.1, 0.15) is 17.6 Å². The molecule has 2 aromatic rings. The third kappa shape index (κ3) is 3.28. The number of benzene rings is 2. The number of nitrogens with zero attached hydrogens (tertiary/aromatic N) is 1. The van der Waals surface area contributed by atoms with Gasteiger partial charge in [-0.2, -0.15) is 0 Å². The predicted octanol–water partition coefficient (Wildman–Crippen LogP) is 5.47. The number of carboxylic acids is 1. The van der Waals surface area contributed by atoms with Crippen molar-refractivity contribution in [1.82, 2.24) is 0 Å². The minimum atomic E-state index is -0.981. The molecule has 5 nitrogen and oxygen atoms in total. The third-order valence-electron chi connectivity index (χ3n) is 6.02. The SMILES string of the molecule is COc1ccc(C(=O)O)c2c1N(Cl)C(C(c1ccccc1)C1CCCCC1)N2. The van der Waals surface area contributed by atoms with Crippen molar-refractivity contribution in [1.29, 1.82) is 0 Å². The number of carbonyl (C=O) groups is 1. The van der Waals surface area contributed by atoms with Gasteiger partial charge in [0.05, 0.1) is 18.4 Å². The summed E-state index contributed by atoms with van der Waals surface area (Å²) in [5.41, 5.74) is 2.56. The molecular weight excluding hydrogens is 376 g/mol. The van der Waals surface area contributed by atoms with Crippen molar-refractivity contribution in [2.45, 2.75) is 44.2 Å². The summed E-state index contributed by atoms with van der Waals surface area (Å²) >= 11 is 6.83. The number of ether oxygens (including phenoxy) is 1. The zero-order valence-electron chi connectivity index (χ0n) is 15.9. The van der Waals surface area contributed by atoms with E-state index in [4.69, 9.17) is 16.5 Å². The maximum Gasteiger partial charge on any atom is 0.337 e. The molecule has 6 heteroatoms. The van der Waals surface area contributed by atoms with Crippen LogP contribution in [0.25, 0.3) is 0 Å². The third-order valence-corrected chi connectivity index (χ3v) is 6.40. The Morgan fingerprint density at radius 2 is 1.89 bits per heavy atom. The summed E-state index contributed by atoms with van der Waals surface area (Å²) in [6.45, 7) is 0. The van der Waals surface area contributed by atoms with Crippen LogP contribution in [0.3, 0.4) is 0 Å². The largest absolute Gasteiger partial charge is 0.494 e.